The molecule has 0 saturated heterocycles. The molecule has 0 N–H and O–H groups in total. The van der Waals surface area contributed by atoms with Gasteiger partial charge in [-0.2, -0.15) is 4.39 Å². The van der Waals surface area contributed by atoms with Crippen LogP contribution in [0, 0.1) is 12.9 Å². The van der Waals surface area contributed by atoms with Gasteiger partial charge in [0, 0.05) is 43.0 Å². The average Bonchev–Trinajstić information content (AvgIpc) is 2.88. The third kappa shape index (κ3) is 2.87. The van der Waals surface area contributed by atoms with Crippen LogP contribution in [-0.2, 0) is 13.0 Å². The Labute approximate surface area is 147 Å². The molecule has 0 amide bonds. The molecule has 25 heavy (non-hydrogen) atoms. The molecule has 1 aromatic carbocycles. The largest absolute Gasteiger partial charge is 0.320 e. The zero-order valence-corrected chi connectivity index (χ0v) is 14.9. The summed E-state index contributed by atoms with van der Waals surface area (Å²) >= 11 is 0. The molecule has 3 aromatic rings. The number of nitrogens with zero attached hydrogens (tertiary/aromatic N) is 3. The van der Waals surface area contributed by atoms with Gasteiger partial charge in [-0.25, -0.2) is 4.98 Å². The Morgan fingerprint density at radius 1 is 1.24 bits per heavy atom. The number of aromatic nitrogens is 2. The highest BCUT2D eigenvalue weighted by atomic mass is 19.1. The van der Waals surface area contributed by atoms with Gasteiger partial charge in [0.1, 0.15) is 0 Å². The van der Waals surface area contributed by atoms with Crippen LogP contribution in [0.3, 0.4) is 0 Å². The van der Waals surface area contributed by atoms with Crippen molar-refractivity contribution in [3.63, 3.8) is 0 Å². The topological polar surface area (TPSA) is 21.1 Å². The maximum atomic E-state index is 13.1. The molecule has 128 valence electrons. The van der Waals surface area contributed by atoms with E-state index in [2.05, 4.69) is 59.7 Å². The van der Waals surface area contributed by atoms with Crippen molar-refractivity contribution in [2.45, 2.75) is 26.8 Å². The third-order valence-corrected chi connectivity index (χ3v) is 5.04. The molecule has 4 rings (SSSR count). The van der Waals surface area contributed by atoms with Crippen LogP contribution in [-0.4, -0.2) is 28.0 Å². The monoisotopic (exact) mass is 335 g/mol. The summed E-state index contributed by atoms with van der Waals surface area (Å²) in [5.74, 6) is -0.446. The summed E-state index contributed by atoms with van der Waals surface area (Å²) in [6.45, 7) is 6.23. The maximum absolute atomic E-state index is 13.1. The third-order valence-electron chi connectivity index (χ3n) is 5.04. The number of fused-ring (bicyclic) bond motifs is 3. The molecule has 0 spiro atoms. The van der Waals surface area contributed by atoms with E-state index < -0.39 is 5.95 Å². The molecule has 1 aliphatic heterocycles. The lowest BCUT2D eigenvalue weighted by atomic mass is 10.0. The van der Waals surface area contributed by atoms with Gasteiger partial charge in [-0.05, 0) is 61.9 Å². The van der Waals surface area contributed by atoms with Crippen LogP contribution in [0.25, 0.3) is 22.7 Å². The van der Waals surface area contributed by atoms with E-state index in [1.54, 1.807) is 12.3 Å². The number of halogens is 1. The normalized spacial score (nSPS) is 15.6. The lowest BCUT2D eigenvalue weighted by molar-refractivity contribution is 0.312. The number of allylic oxidation sites excluding steroid dienone is 1. The average molecular weight is 335 g/mol. The first-order chi connectivity index (χ1) is 12.0. The highest BCUT2D eigenvalue weighted by Crippen LogP contribution is 2.32. The maximum Gasteiger partial charge on any atom is 0.212 e. The van der Waals surface area contributed by atoms with Crippen molar-refractivity contribution >= 4 is 22.7 Å². The van der Waals surface area contributed by atoms with Crippen molar-refractivity contribution in [2.75, 3.05) is 13.6 Å². The Hall–Kier alpha value is -2.46. The SMILES string of the molecule is C/C(=C\n1c2c(c3cc(C)ccc31)CN(C)CC2)c1ccc(F)nc1. The van der Waals surface area contributed by atoms with Gasteiger partial charge in [0.2, 0.25) is 5.95 Å². The van der Waals surface area contributed by atoms with Crippen LogP contribution in [0.15, 0.2) is 36.5 Å². The summed E-state index contributed by atoms with van der Waals surface area (Å²) in [6.07, 6.45) is 4.79. The number of rotatable bonds is 2. The number of aryl methyl sites for hydroxylation is 1. The van der Waals surface area contributed by atoms with E-state index in [-0.39, 0.29) is 0 Å². The summed E-state index contributed by atoms with van der Waals surface area (Å²) in [4.78, 5) is 6.15. The zero-order valence-electron chi connectivity index (χ0n) is 14.9. The lowest BCUT2D eigenvalue weighted by Crippen LogP contribution is -2.26. The van der Waals surface area contributed by atoms with E-state index in [0.717, 1.165) is 30.6 Å². The van der Waals surface area contributed by atoms with Crippen molar-refractivity contribution < 1.29 is 4.39 Å². The molecule has 1 aliphatic rings. The second kappa shape index (κ2) is 6.12. The van der Waals surface area contributed by atoms with Crippen molar-refractivity contribution in [1.82, 2.24) is 14.5 Å². The summed E-state index contributed by atoms with van der Waals surface area (Å²) in [5, 5.41) is 1.34. The van der Waals surface area contributed by atoms with Crippen LogP contribution in [0.5, 0.6) is 0 Å². The highest BCUT2D eigenvalue weighted by molar-refractivity contribution is 5.90. The molecule has 2 aromatic heterocycles. The molecular weight excluding hydrogens is 313 g/mol. The fourth-order valence-corrected chi connectivity index (χ4v) is 3.67. The standard InChI is InChI=1S/C21H22FN3/c1-14-4-6-19-17(10-14)18-13-24(3)9-8-20(18)25(19)12-15(2)16-5-7-21(22)23-11-16/h4-7,10-12H,8-9,13H2,1-3H3/b15-12+. The minimum Gasteiger partial charge on any atom is -0.320 e. The molecule has 0 bridgehead atoms. The van der Waals surface area contributed by atoms with Gasteiger partial charge in [-0.1, -0.05) is 11.6 Å². The van der Waals surface area contributed by atoms with Crippen LogP contribution >= 0.6 is 0 Å². The van der Waals surface area contributed by atoms with Crippen molar-refractivity contribution in [2.24, 2.45) is 0 Å². The lowest BCUT2D eigenvalue weighted by Gasteiger charge is -2.23. The second-order valence-corrected chi connectivity index (χ2v) is 6.99. The first-order valence-corrected chi connectivity index (χ1v) is 8.64. The molecule has 0 saturated carbocycles. The van der Waals surface area contributed by atoms with Gasteiger partial charge in [-0.15, -0.1) is 0 Å². The molecule has 0 atom stereocenters. The van der Waals surface area contributed by atoms with Crippen molar-refractivity contribution in [3.8, 4) is 0 Å². The molecule has 3 nitrogen and oxygen atoms in total. The molecule has 4 heteroatoms. The van der Waals surface area contributed by atoms with Gasteiger partial charge in [0.25, 0.3) is 0 Å². The summed E-state index contributed by atoms with van der Waals surface area (Å²) in [5.41, 5.74) is 7.34. The van der Waals surface area contributed by atoms with Crippen molar-refractivity contribution in [1.29, 1.82) is 0 Å². The van der Waals surface area contributed by atoms with Crippen LogP contribution < -0.4 is 0 Å². The Bertz CT molecular complexity index is 967. The van der Waals surface area contributed by atoms with Gasteiger partial charge in [0.05, 0.1) is 5.52 Å². The van der Waals surface area contributed by atoms with Crippen molar-refractivity contribution in [3.05, 3.63) is 64.9 Å². The van der Waals surface area contributed by atoms with E-state index in [9.17, 15) is 4.39 Å². The van der Waals surface area contributed by atoms with Gasteiger partial charge < -0.3 is 9.47 Å². The number of likely N-dealkylation sites (N-methyl/N-ethyl adjacent to an activating group) is 1. The first-order valence-electron chi connectivity index (χ1n) is 8.64. The molecule has 0 radical (unpaired) electrons. The van der Waals surface area contributed by atoms with E-state index >= 15 is 0 Å². The molecule has 3 heterocycles. The number of pyridine rings is 1. The number of benzene rings is 1. The predicted octanol–water partition coefficient (Wildman–Crippen LogP) is 4.49. The fraction of sp³-hybridized carbons (Fsp3) is 0.286. The number of hydrogen-bond acceptors (Lipinski definition) is 2. The highest BCUT2D eigenvalue weighted by Gasteiger charge is 2.21. The molecule has 0 fully saturated rings. The van der Waals surface area contributed by atoms with Crippen LogP contribution in [0.2, 0.25) is 0 Å². The van der Waals surface area contributed by atoms with E-state index in [1.807, 2.05) is 0 Å². The Morgan fingerprint density at radius 3 is 2.84 bits per heavy atom. The summed E-state index contributed by atoms with van der Waals surface area (Å²) in [7, 11) is 2.17. The summed E-state index contributed by atoms with van der Waals surface area (Å²) < 4.78 is 15.4. The van der Waals surface area contributed by atoms with Gasteiger partial charge >= 0.3 is 0 Å². The zero-order chi connectivity index (χ0) is 17.6. The van der Waals surface area contributed by atoms with E-state index in [1.165, 1.54) is 33.8 Å². The predicted molar refractivity (Wildman–Crippen MR) is 101 cm³/mol. The minimum atomic E-state index is -0.446. The van der Waals surface area contributed by atoms with Crippen LogP contribution in [0.4, 0.5) is 4.39 Å². The van der Waals surface area contributed by atoms with Gasteiger partial charge in [-0.3, -0.25) is 0 Å². The molecule has 0 aliphatic carbocycles. The smallest absolute Gasteiger partial charge is 0.212 e. The molecule has 0 unspecified atom stereocenters. The van der Waals surface area contributed by atoms with E-state index in [4.69, 9.17) is 0 Å². The van der Waals surface area contributed by atoms with E-state index in [0.29, 0.717) is 0 Å². The number of hydrogen-bond donors (Lipinski definition) is 0. The minimum absolute atomic E-state index is 0.446. The Balaban J connectivity index is 1.89. The molecular formula is C21H22FN3. The van der Waals surface area contributed by atoms with Crippen LogP contribution in [0.1, 0.15) is 29.3 Å². The Morgan fingerprint density at radius 2 is 2.08 bits per heavy atom. The summed E-state index contributed by atoms with van der Waals surface area (Å²) in [6, 6.07) is 9.84. The fourth-order valence-electron chi connectivity index (χ4n) is 3.67. The second-order valence-electron chi connectivity index (χ2n) is 6.99. The first kappa shape index (κ1) is 16.0. The van der Waals surface area contributed by atoms with Gasteiger partial charge in [0.15, 0.2) is 0 Å². The quantitative estimate of drug-likeness (QED) is 0.643. The Kier molecular flexibility index (Phi) is 3.92.